The molecule has 2 atom stereocenters. The number of ether oxygens (including phenoxy) is 2. The van der Waals surface area contributed by atoms with Gasteiger partial charge in [0.1, 0.15) is 10.4 Å². The molecule has 0 aromatic carbocycles. The molecule has 0 radical (unpaired) electrons. The zero-order chi connectivity index (χ0) is 15.2. The van der Waals surface area contributed by atoms with Crippen molar-refractivity contribution in [3.05, 3.63) is 16.6 Å². The van der Waals surface area contributed by atoms with E-state index >= 15 is 0 Å². The zero-order valence-electron chi connectivity index (χ0n) is 12.5. The maximum absolute atomic E-state index is 12.3. The molecule has 118 valence electrons. The largest absolute Gasteiger partial charge is 0.449 e. The first-order chi connectivity index (χ1) is 10.2. The number of imidazole rings is 1. The molecule has 1 fully saturated rings. The average molecular weight is 360 g/mol. The molecule has 21 heavy (non-hydrogen) atoms. The fourth-order valence-corrected chi connectivity index (χ4v) is 2.92. The molecule has 1 aromatic heterocycles. The van der Waals surface area contributed by atoms with Gasteiger partial charge in [0, 0.05) is 19.6 Å². The minimum atomic E-state index is -0.264. The van der Waals surface area contributed by atoms with Crippen molar-refractivity contribution in [2.24, 2.45) is 5.92 Å². The number of nitrogens with zero attached hydrogens (tertiary/aromatic N) is 2. The van der Waals surface area contributed by atoms with Crippen molar-refractivity contribution in [3.63, 3.8) is 0 Å². The van der Waals surface area contributed by atoms with Gasteiger partial charge in [0.15, 0.2) is 0 Å². The smallest absolute Gasteiger partial charge is 0.410 e. The summed E-state index contributed by atoms with van der Waals surface area (Å²) < 4.78 is 11.4. The first kappa shape index (κ1) is 16.3. The van der Waals surface area contributed by atoms with E-state index in [1.54, 1.807) is 18.2 Å². The highest BCUT2D eigenvalue weighted by molar-refractivity contribution is 9.10. The summed E-state index contributed by atoms with van der Waals surface area (Å²) in [5.74, 6) is 1.09. The van der Waals surface area contributed by atoms with Crippen LogP contribution in [0.5, 0.6) is 0 Å². The molecule has 2 rings (SSSR count). The Hall–Kier alpha value is -1.08. The number of aromatic amines is 1. The third-order valence-electron chi connectivity index (χ3n) is 3.63. The number of likely N-dealkylation sites (tertiary alicyclic amines) is 1. The second-order valence-electron chi connectivity index (χ2n) is 5.31. The van der Waals surface area contributed by atoms with Crippen LogP contribution >= 0.6 is 15.9 Å². The Morgan fingerprint density at radius 2 is 2.43 bits per heavy atom. The summed E-state index contributed by atoms with van der Waals surface area (Å²) in [6.07, 6.45) is 4.17. The highest BCUT2D eigenvalue weighted by Crippen LogP contribution is 2.35. The lowest BCUT2D eigenvalue weighted by Gasteiger charge is -2.22. The number of methoxy groups -OCH3 is 1. The summed E-state index contributed by atoms with van der Waals surface area (Å²) in [6, 6.07) is -0.0782. The number of amides is 1. The van der Waals surface area contributed by atoms with Gasteiger partial charge in [0.2, 0.25) is 0 Å². The molecule has 1 N–H and O–H groups in total. The van der Waals surface area contributed by atoms with E-state index < -0.39 is 0 Å². The van der Waals surface area contributed by atoms with Crippen LogP contribution < -0.4 is 0 Å². The zero-order valence-corrected chi connectivity index (χ0v) is 14.1. The Kier molecular flexibility index (Phi) is 6.05. The van der Waals surface area contributed by atoms with Gasteiger partial charge in [-0.15, -0.1) is 0 Å². The molecule has 1 amide bonds. The molecule has 0 spiro atoms. The Labute approximate surface area is 133 Å². The van der Waals surface area contributed by atoms with Crippen LogP contribution in [0.15, 0.2) is 10.8 Å². The summed E-state index contributed by atoms with van der Waals surface area (Å²) in [4.78, 5) is 21.5. The van der Waals surface area contributed by atoms with E-state index in [4.69, 9.17) is 9.47 Å². The van der Waals surface area contributed by atoms with Crippen LogP contribution in [0.25, 0.3) is 0 Å². The lowest BCUT2D eigenvalue weighted by atomic mass is 10.1. The van der Waals surface area contributed by atoms with Crippen molar-refractivity contribution >= 4 is 22.0 Å². The lowest BCUT2D eigenvalue weighted by Crippen LogP contribution is -2.32. The van der Waals surface area contributed by atoms with Crippen LogP contribution in [0, 0.1) is 5.92 Å². The molecule has 2 unspecified atom stereocenters. The summed E-state index contributed by atoms with van der Waals surface area (Å²) >= 11 is 3.36. The topological polar surface area (TPSA) is 67.4 Å². The Bertz CT molecular complexity index is 466. The fourth-order valence-electron chi connectivity index (χ4n) is 2.61. The number of hydrogen-bond donors (Lipinski definition) is 1. The number of aromatic nitrogens is 2. The second-order valence-corrected chi connectivity index (χ2v) is 6.16. The van der Waals surface area contributed by atoms with Crippen LogP contribution in [-0.2, 0) is 9.47 Å². The molecule has 0 bridgehead atoms. The molecule has 6 nitrogen and oxygen atoms in total. The maximum atomic E-state index is 12.3. The second kappa shape index (κ2) is 7.79. The lowest BCUT2D eigenvalue weighted by molar-refractivity contribution is 0.0927. The fraction of sp³-hybridized carbons (Fsp3) is 0.714. The van der Waals surface area contributed by atoms with Gasteiger partial charge in [-0.05, 0) is 28.8 Å². The van der Waals surface area contributed by atoms with E-state index in [1.807, 2.05) is 0 Å². The number of unbranched alkanes of at least 4 members (excludes halogenated alkanes) is 1. The standard InChI is InChI=1S/C14H22BrN3O3/c1-3-4-5-21-14(19)18-8-10(9-20-2)6-11(18)13-16-7-12(15)17-13/h7,10-11H,3-6,8-9H2,1-2H3,(H,16,17). The number of carbonyl (C=O) groups excluding carboxylic acids is 1. The van der Waals surface area contributed by atoms with Crippen molar-refractivity contribution in [2.75, 3.05) is 26.9 Å². The van der Waals surface area contributed by atoms with E-state index in [1.165, 1.54) is 0 Å². The van der Waals surface area contributed by atoms with Gasteiger partial charge in [-0.25, -0.2) is 9.78 Å². The average Bonchev–Trinajstić information content (AvgIpc) is 3.05. The quantitative estimate of drug-likeness (QED) is 0.792. The van der Waals surface area contributed by atoms with E-state index in [0.717, 1.165) is 29.7 Å². The molecule has 2 heterocycles. The molecule has 1 saturated heterocycles. The van der Waals surface area contributed by atoms with Gasteiger partial charge in [-0.2, -0.15) is 0 Å². The number of nitrogens with one attached hydrogen (secondary N) is 1. The molecule has 1 aliphatic rings. The Morgan fingerprint density at radius 3 is 3.05 bits per heavy atom. The van der Waals surface area contributed by atoms with Gasteiger partial charge >= 0.3 is 6.09 Å². The molecule has 0 aliphatic carbocycles. The predicted molar refractivity (Wildman–Crippen MR) is 82.0 cm³/mol. The number of carbonyl (C=O) groups is 1. The monoisotopic (exact) mass is 359 g/mol. The summed E-state index contributed by atoms with van der Waals surface area (Å²) in [5.41, 5.74) is 0. The number of rotatable bonds is 6. The van der Waals surface area contributed by atoms with Crippen LogP contribution in [0.2, 0.25) is 0 Å². The van der Waals surface area contributed by atoms with Crippen LogP contribution in [0.3, 0.4) is 0 Å². The van der Waals surface area contributed by atoms with E-state index in [9.17, 15) is 4.79 Å². The van der Waals surface area contributed by atoms with Crippen molar-refractivity contribution in [2.45, 2.75) is 32.2 Å². The van der Waals surface area contributed by atoms with Gasteiger partial charge in [-0.1, -0.05) is 13.3 Å². The third kappa shape index (κ3) is 4.20. The molecular formula is C14H22BrN3O3. The molecular weight excluding hydrogens is 338 g/mol. The van der Waals surface area contributed by atoms with Gasteiger partial charge in [0.05, 0.1) is 25.5 Å². The first-order valence-electron chi connectivity index (χ1n) is 7.28. The van der Waals surface area contributed by atoms with Gasteiger partial charge < -0.3 is 14.5 Å². The normalized spacial score (nSPS) is 21.8. The van der Waals surface area contributed by atoms with Crippen LogP contribution in [0.1, 0.15) is 38.1 Å². The van der Waals surface area contributed by atoms with E-state index in [-0.39, 0.29) is 12.1 Å². The van der Waals surface area contributed by atoms with Gasteiger partial charge in [-0.3, -0.25) is 4.90 Å². The highest BCUT2D eigenvalue weighted by atomic mass is 79.9. The number of hydrogen-bond acceptors (Lipinski definition) is 4. The summed E-state index contributed by atoms with van der Waals surface area (Å²) in [5, 5.41) is 0. The molecule has 7 heteroatoms. The first-order valence-corrected chi connectivity index (χ1v) is 8.07. The van der Waals surface area contributed by atoms with Crippen LogP contribution in [-0.4, -0.2) is 47.8 Å². The predicted octanol–water partition coefficient (Wildman–Crippen LogP) is 3.12. The molecule has 1 aromatic rings. The minimum absolute atomic E-state index is 0.0782. The number of H-pyrrole nitrogens is 1. The third-order valence-corrected chi connectivity index (χ3v) is 4.03. The Balaban J connectivity index is 2.05. The molecule has 1 aliphatic heterocycles. The van der Waals surface area contributed by atoms with Crippen LogP contribution in [0.4, 0.5) is 4.79 Å². The van der Waals surface area contributed by atoms with Crippen molar-refractivity contribution in [1.29, 1.82) is 0 Å². The maximum Gasteiger partial charge on any atom is 0.410 e. The summed E-state index contributed by atoms with van der Waals surface area (Å²) in [6.45, 7) is 3.82. The SMILES string of the molecule is CCCCOC(=O)N1CC(COC)CC1c1ncc(Br)[nH]1. The van der Waals surface area contributed by atoms with Crippen molar-refractivity contribution in [1.82, 2.24) is 14.9 Å². The van der Waals surface area contributed by atoms with Gasteiger partial charge in [0.25, 0.3) is 0 Å². The minimum Gasteiger partial charge on any atom is -0.449 e. The Morgan fingerprint density at radius 1 is 1.62 bits per heavy atom. The van der Waals surface area contributed by atoms with E-state index in [2.05, 4.69) is 32.8 Å². The summed E-state index contributed by atoms with van der Waals surface area (Å²) in [7, 11) is 1.68. The highest BCUT2D eigenvalue weighted by Gasteiger charge is 2.38. The molecule has 0 saturated carbocycles. The number of halogens is 1. The van der Waals surface area contributed by atoms with Crippen molar-refractivity contribution < 1.29 is 14.3 Å². The van der Waals surface area contributed by atoms with Crippen molar-refractivity contribution in [3.8, 4) is 0 Å². The van der Waals surface area contributed by atoms with E-state index in [0.29, 0.717) is 25.7 Å².